The van der Waals surface area contributed by atoms with Gasteiger partial charge in [0.15, 0.2) is 6.10 Å². The van der Waals surface area contributed by atoms with Gasteiger partial charge in [0.25, 0.3) is 0 Å². The van der Waals surface area contributed by atoms with Gasteiger partial charge in [-0.05, 0) is 44.9 Å². The van der Waals surface area contributed by atoms with Crippen LogP contribution in [-0.2, 0) is 28.6 Å². The van der Waals surface area contributed by atoms with Crippen LogP contribution >= 0.6 is 0 Å². The molecule has 0 heterocycles. The van der Waals surface area contributed by atoms with Crippen LogP contribution in [0.4, 0.5) is 0 Å². The zero-order valence-corrected chi connectivity index (χ0v) is 40.9. The maximum atomic E-state index is 12.7. The van der Waals surface area contributed by atoms with Gasteiger partial charge in [-0.25, -0.2) is 0 Å². The number of carbonyl (C=O) groups is 3. The predicted molar refractivity (Wildman–Crippen MR) is 261 cm³/mol. The molecule has 0 aliphatic rings. The molecule has 61 heavy (non-hydrogen) atoms. The highest BCUT2D eigenvalue weighted by molar-refractivity contribution is 5.71. The molecule has 0 radical (unpaired) electrons. The van der Waals surface area contributed by atoms with Crippen LogP contribution in [0.3, 0.4) is 0 Å². The molecular weight excluding hydrogens is 757 g/mol. The van der Waals surface area contributed by atoms with Gasteiger partial charge in [-0.15, -0.1) is 0 Å². The van der Waals surface area contributed by atoms with Gasteiger partial charge in [-0.1, -0.05) is 251 Å². The molecule has 0 aromatic heterocycles. The topological polar surface area (TPSA) is 78.9 Å². The van der Waals surface area contributed by atoms with Gasteiger partial charge in [-0.3, -0.25) is 14.4 Å². The van der Waals surface area contributed by atoms with Crippen molar-refractivity contribution in [2.24, 2.45) is 0 Å². The van der Waals surface area contributed by atoms with Crippen molar-refractivity contribution < 1.29 is 28.6 Å². The summed E-state index contributed by atoms with van der Waals surface area (Å²) in [6.07, 6.45) is 57.8. The van der Waals surface area contributed by atoms with Gasteiger partial charge >= 0.3 is 17.9 Å². The third-order valence-corrected chi connectivity index (χ3v) is 11.9. The summed E-state index contributed by atoms with van der Waals surface area (Å²) in [7, 11) is 0. The number of carbonyl (C=O) groups excluding carboxylic acids is 3. The zero-order chi connectivity index (χ0) is 44.4. The molecule has 0 saturated heterocycles. The van der Waals surface area contributed by atoms with E-state index in [-0.39, 0.29) is 31.1 Å². The Balaban J connectivity index is 4.05. The molecule has 1 atom stereocenters. The van der Waals surface area contributed by atoms with Gasteiger partial charge in [-0.2, -0.15) is 0 Å². The minimum atomic E-state index is -0.771. The maximum absolute atomic E-state index is 12.7. The van der Waals surface area contributed by atoms with Gasteiger partial charge in [0.2, 0.25) is 0 Å². The second-order valence-electron chi connectivity index (χ2n) is 18.2. The Morgan fingerprint density at radius 1 is 0.328 bits per heavy atom. The van der Waals surface area contributed by atoms with E-state index in [1.165, 1.54) is 161 Å². The average molecular weight is 859 g/mol. The molecule has 0 amide bonds. The van der Waals surface area contributed by atoms with Crippen LogP contribution in [0.1, 0.15) is 290 Å². The molecule has 358 valence electrons. The monoisotopic (exact) mass is 859 g/mol. The van der Waals surface area contributed by atoms with Gasteiger partial charge in [0.1, 0.15) is 13.2 Å². The van der Waals surface area contributed by atoms with E-state index in [1.54, 1.807) is 0 Å². The van der Waals surface area contributed by atoms with E-state index >= 15 is 0 Å². The van der Waals surface area contributed by atoms with E-state index in [0.29, 0.717) is 19.3 Å². The number of rotatable bonds is 49. The summed E-state index contributed by atoms with van der Waals surface area (Å²) in [4.78, 5) is 37.7. The molecule has 0 spiro atoms. The first kappa shape index (κ1) is 58.9. The molecule has 0 rings (SSSR count). The summed E-state index contributed by atoms with van der Waals surface area (Å²) < 4.78 is 16.7. The number of ether oxygens (including phenoxy) is 3. The highest BCUT2D eigenvalue weighted by Crippen LogP contribution is 2.17. The molecule has 6 heteroatoms. The Bertz CT molecular complexity index is 989. The second-order valence-corrected chi connectivity index (χ2v) is 18.2. The molecule has 0 aromatic carbocycles. The van der Waals surface area contributed by atoms with E-state index in [9.17, 15) is 14.4 Å². The summed E-state index contributed by atoms with van der Waals surface area (Å²) in [5.74, 6) is -0.885. The fourth-order valence-electron chi connectivity index (χ4n) is 7.89. The number of esters is 3. The number of allylic oxidation sites excluding steroid dienone is 4. The highest BCUT2D eigenvalue weighted by atomic mass is 16.6. The van der Waals surface area contributed by atoms with Crippen LogP contribution in [0.15, 0.2) is 24.3 Å². The Kier molecular flexibility index (Phi) is 48.8. The van der Waals surface area contributed by atoms with Gasteiger partial charge in [0.05, 0.1) is 0 Å². The fraction of sp³-hybridized carbons (Fsp3) is 0.873. The third kappa shape index (κ3) is 48.8. The van der Waals surface area contributed by atoms with Crippen LogP contribution < -0.4 is 0 Å². The Morgan fingerprint density at radius 3 is 0.967 bits per heavy atom. The third-order valence-electron chi connectivity index (χ3n) is 11.9. The smallest absolute Gasteiger partial charge is 0.306 e. The van der Waals surface area contributed by atoms with Crippen molar-refractivity contribution in [1.82, 2.24) is 0 Å². The number of unbranched alkanes of at least 4 members (excludes halogenated alkanes) is 34. The predicted octanol–water partition coefficient (Wildman–Crippen LogP) is 17.5. The first-order valence-corrected chi connectivity index (χ1v) is 26.8. The lowest BCUT2D eigenvalue weighted by atomic mass is 10.0. The minimum Gasteiger partial charge on any atom is -0.462 e. The molecule has 0 aromatic rings. The highest BCUT2D eigenvalue weighted by Gasteiger charge is 2.19. The molecule has 0 aliphatic carbocycles. The second kappa shape index (κ2) is 50.5. The summed E-state index contributed by atoms with van der Waals surface area (Å²) in [6.45, 7) is 6.53. The standard InChI is InChI=1S/C55H102O6/c1-4-7-10-13-16-18-20-22-23-24-25-26-27-28-29-30-31-32-34-35-37-39-42-45-48-54(57)60-51-52(50-59-53(56)47-44-41-15-12-9-6-3)61-55(58)49-46-43-40-38-36-33-21-19-17-14-11-8-5-2/h11,14,19,21,52H,4-10,12-13,15-18,20,22-51H2,1-3H3/b14-11-,21-19-. The van der Waals surface area contributed by atoms with Crippen LogP contribution in [0, 0.1) is 0 Å². The van der Waals surface area contributed by atoms with Crippen molar-refractivity contribution in [3.05, 3.63) is 24.3 Å². The van der Waals surface area contributed by atoms with Crippen molar-refractivity contribution in [2.45, 2.75) is 297 Å². The molecule has 1 unspecified atom stereocenters. The molecule has 0 bridgehead atoms. The van der Waals surface area contributed by atoms with Gasteiger partial charge in [0, 0.05) is 19.3 Å². The molecule has 0 aliphatic heterocycles. The summed E-state index contributed by atoms with van der Waals surface area (Å²) >= 11 is 0. The normalized spacial score (nSPS) is 12.1. The molecule has 0 N–H and O–H groups in total. The number of hydrogen-bond acceptors (Lipinski definition) is 6. The van der Waals surface area contributed by atoms with Crippen molar-refractivity contribution in [3.8, 4) is 0 Å². The van der Waals surface area contributed by atoms with Crippen LogP contribution in [0.5, 0.6) is 0 Å². The molecule has 0 fully saturated rings. The van der Waals surface area contributed by atoms with Crippen LogP contribution in [-0.4, -0.2) is 37.2 Å². The van der Waals surface area contributed by atoms with E-state index in [2.05, 4.69) is 45.1 Å². The summed E-state index contributed by atoms with van der Waals surface area (Å²) in [5.41, 5.74) is 0. The zero-order valence-electron chi connectivity index (χ0n) is 40.9. The van der Waals surface area contributed by atoms with Crippen molar-refractivity contribution in [3.63, 3.8) is 0 Å². The van der Waals surface area contributed by atoms with Crippen molar-refractivity contribution in [2.75, 3.05) is 13.2 Å². The SMILES string of the molecule is CCC/C=C\C/C=C\CCCCCCCC(=O)OC(COC(=O)CCCCCCCC)COC(=O)CCCCCCCCCCCCCCCCCCCCCCCCCC. The lowest BCUT2D eigenvalue weighted by molar-refractivity contribution is -0.167. The van der Waals surface area contributed by atoms with Crippen molar-refractivity contribution in [1.29, 1.82) is 0 Å². The quantitative estimate of drug-likeness (QED) is 0.0262. The fourth-order valence-corrected chi connectivity index (χ4v) is 7.89. The average Bonchev–Trinajstić information content (AvgIpc) is 3.26. The van der Waals surface area contributed by atoms with E-state index in [4.69, 9.17) is 14.2 Å². The van der Waals surface area contributed by atoms with Crippen molar-refractivity contribution >= 4 is 17.9 Å². The first-order chi connectivity index (χ1) is 30.0. The Hall–Kier alpha value is -2.11. The Morgan fingerprint density at radius 2 is 0.623 bits per heavy atom. The summed E-state index contributed by atoms with van der Waals surface area (Å²) in [6, 6.07) is 0. The maximum Gasteiger partial charge on any atom is 0.306 e. The number of hydrogen-bond donors (Lipinski definition) is 0. The van der Waals surface area contributed by atoms with E-state index in [1.807, 2.05) is 0 Å². The minimum absolute atomic E-state index is 0.0732. The van der Waals surface area contributed by atoms with Crippen LogP contribution in [0.2, 0.25) is 0 Å². The lowest BCUT2D eigenvalue weighted by Gasteiger charge is -2.18. The van der Waals surface area contributed by atoms with Gasteiger partial charge < -0.3 is 14.2 Å². The van der Waals surface area contributed by atoms with E-state index in [0.717, 1.165) is 89.9 Å². The van der Waals surface area contributed by atoms with E-state index < -0.39 is 6.10 Å². The van der Waals surface area contributed by atoms with Crippen LogP contribution in [0.25, 0.3) is 0 Å². The lowest BCUT2D eigenvalue weighted by Crippen LogP contribution is -2.30. The Labute approximate surface area is 379 Å². The molecule has 0 saturated carbocycles. The first-order valence-electron chi connectivity index (χ1n) is 26.8. The summed E-state index contributed by atoms with van der Waals surface area (Å²) in [5, 5.41) is 0. The molecular formula is C55H102O6. The largest absolute Gasteiger partial charge is 0.462 e. The molecule has 6 nitrogen and oxygen atoms in total.